The first-order valence-electron chi connectivity index (χ1n) is 12.2. The molecule has 0 bridgehead atoms. The SMILES string of the molecule is CC(C)(C)n1cc(-c2cc(C(O)(C(F)(F)F)C(F)(F)F)cnc2N2CCN(S(=O)(=O)c3ccc(N)nc3)CC2)cn1. The molecule has 3 N–H and O–H groups in total. The highest BCUT2D eigenvalue weighted by Crippen LogP contribution is 2.51. The molecule has 1 saturated heterocycles. The van der Waals surface area contributed by atoms with Gasteiger partial charge in [-0.05, 0) is 39.0 Å². The first-order valence-corrected chi connectivity index (χ1v) is 13.6. The standard InChI is InChI=1S/C24H27F6N7O3S/c1-21(2,3)37-14-15(11-34-37)18-10-16(22(38,23(25,26)27)24(28,29)30)12-33-20(18)35-6-8-36(9-7-35)41(39,40)17-4-5-19(31)32-13-17/h4-5,10-14,38H,6-9H2,1-3H3,(H2,31,32). The van der Waals surface area contributed by atoms with Crippen molar-refractivity contribution in [1.82, 2.24) is 24.1 Å². The average Bonchev–Trinajstić information content (AvgIpc) is 3.38. The molecule has 4 rings (SSSR count). The van der Waals surface area contributed by atoms with Gasteiger partial charge in [-0.15, -0.1) is 0 Å². The highest BCUT2D eigenvalue weighted by molar-refractivity contribution is 7.89. The van der Waals surface area contributed by atoms with Gasteiger partial charge in [0, 0.05) is 61.5 Å². The van der Waals surface area contributed by atoms with Crippen LogP contribution in [0.5, 0.6) is 0 Å². The lowest BCUT2D eigenvalue weighted by Gasteiger charge is -2.36. The lowest BCUT2D eigenvalue weighted by atomic mass is 9.91. The summed E-state index contributed by atoms with van der Waals surface area (Å²) in [6.45, 7) is 5.27. The van der Waals surface area contributed by atoms with Gasteiger partial charge in [0.1, 0.15) is 16.5 Å². The minimum atomic E-state index is -6.10. The van der Waals surface area contributed by atoms with E-state index in [1.807, 2.05) is 0 Å². The number of halogens is 6. The number of piperazine rings is 1. The highest BCUT2D eigenvalue weighted by Gasteiger charge is 2.71. The van der Waals surface area contributed by atoms with Crippen LogP contribution in [0.3, 0.4) is 0 Å². The summed E-state index contributed by atoms with van der Waals surface area (Å²) >= 11 is 0. The third-order valence-electron chi connectivity index (χ3n) is 6.62. The molecule has 17 heteroatoms. The number of sulfonamides is 1. The molecule has 41 heavy (non-hydrogen) atoms. The molecule has 0 amide bonds. The molecule has 1 aliphatic rings. The van der Waals surface area contributed by atoms with Gasteiger partial charge in [-0.1, -0.05) is 0 Å². The van der Waals surface area contributed by atoms with Crippen LogP contribution in [0.15, 0.2) is 47.9 Å². The summed E-state index contributed by atoms with van der Waals surface area (Å²) in [5, 5.41) is 14.2. The van der Waals surface area contributed by atoms with E-state index in [1.165, 1.54) is 33.5 Å². The molecule has 4 heterocycles. The van der Waals surface area contributed by atoms with Crippen LogP contribution in [-0.2, 0) is 21.2 Å². The van der Waals surface area contributed by atoms with Crippen LogP contribution in [0, 0.1) is 0 Å². The zero-order valence-corrected chi connectivity index (χ0v) is 22.9. The number of hydrogen-bond acceptors (Lipinski definition) is 8. The largest absolute Gasteiger partial charge is 0.430 e. The number of rotatable bonds is 5. The van der Waals surface area contributed by atoms with E-state index in [0.29, 0.717) is 12.3 Å². The fourth-order valence-corrected chi connectivity index (χ4v) is 5.64. The summed E-state index contributed by atoms with van der Waals surface area (Å²) in [6, 6.07) is 3.23. The van der Waals surface area contributed by atoms with E-state index in [1.54, 1.807) is 25.7 Å². The Morgan fingerprint density at radius 1 is 0.902 bits per heavy atom. The van der Waals surface area contributed by atoms with Crippen molar-refractivity contribution in [3.63, 3.8) is 0 Å². The second-order valence-electron chi connectivity index (χ2n) is 10.5. The van der Waals surface area contributed by atoms with Crippen molar-refractivity contribution < 1.29 is 39.9 Å². The summed E-state index contributed by atoms with van der Waals surface area (Å²) in [7, 11) is -3.95. The first-order chi connectivity index (χ1) is 18.8. The number of nitrogens with zero attached hydrogens (tertiary/aromatic N) is 6. The Hall–Kier alpha value is -3.44. The fraction of sp³-hybridized carbons (Fsp3) is 0.458. The maximum absolute atomic E-state index is 13.7. The molecular formula is C24H27F6N7O3S. The Kier molecular flexibility index (Phi) is 7.54. The maximum atomic E-state index is 13.7. The minimum Gasteiger partial charge on any atom is -0.384 e. The van der Waals surface area contributed by atoms with Crippen molar-refractivity contribution in [1.29, 1.82) is 0 Å². The number of nitrogen functional groups attached to an aromatic ring is 1. The molecule has 1 fully saturated rings. The number of aromatic nitrogens is 4. The van der Waals surface area contributed by atoms with E-state index in [-0.39, 0.29) is 53.8 Å². The molecule has 3 aromatic rings. The van der Waals surface area contributed by atoms with Crippen LogP contribution in [-0.4, -0.2) is 76.1 Å². The van der Waals surface area contributed by atoms with E-state index < -0.39 is 39.1 Å². The lowest BCUT2D eigenvalue weighted by molar-refractivity contribution is -0.376. The summed E-state index contributed by atoms with van der Waals surface area (Å²) in [4.78, 5) is 9.18. The Morgan fingerprint density at radius 2 is 1.51 bits per heavy atom. The van der Waals surface area contributed by atoms with Gasteiger partial charge in [0.2, 0.25) is 10.0 Å². The predicted octanol–water partition coefficient (Wildman–Crippen LogP) is 3.50. The zero-order valence-electron chi connectivity index (χ0n) is 22.1. The van der Waals surface area contributed by atoms with Gasteiger partial charge in [-0.2, -0.15) is 35.7 Å². The molecule has 0 aliphatic carbocycles. The van der Waals surface area contributed by atoms with E-state index in [0.717, 1.165) is 6.20 Å². The minimum absolute atomic E-state index is 0.0000995. The second-order valence-corrected chi connectivity index (χ2v) is 12.4. The number of anilines is 2. The third kappa shape index (κ3) is 5.57. The molecule has 3 aromatic heterocycles. The maximum Gasteiger partial charge on any atom is 0.430 e. The summed E-state index contributed by atoms with van der Waals surface area (Å²) in [6.07, 6.45) is -8.04. The van der Waals surface area contributed by atoms with Gasteiger partial charge in [-0.3, -0.25) is 4.68 Å². The van der Waals surface area contributed by atoms with E-state index in [4.69, 9.17) is 5.73 Å². The van der Waals surface area contributed by atoms with Crippen molar-refractivity contribution in [3.05, 3.63) is 48.5 Å². The number of nitrogens with two attached hydrogens (primary N) is 1. The lowest BCUT2D eigenvalue weighted by Crippen LogP contribution is -2.54. The number of hydrogen-bond donors (Lipinski definition) is 2. The summed E-state index contributed by atoms with van der Waals surface area (Å²) in [5.41, 5.74) is -1.74. The van der Waals surface area contributed by atoms with Crippen LogP contribution in [0.2, 0.25) is 0 Å². The topological polar surface area (TPSA) is 130 Å². The predicted molar refractivity (Wildman–Crippen MR) is 136 cm³/mol. The van der Waals surface area contributed by atoms with Crippen molar-refractivity contribution in [3.8, 4) is 11.1 Å². The molecular weight excluding hydrogens is 580 g/mol. The van der Waals surface area contributed by atoms with Crippen molar-refractivity contribution in [2.24, 2.45) is 0 Å². The third-order valence-corrected chi connectivity index (χ3v) is 8.50. The zero-order chi connectivity index (χ0) is 30.6. The van der Waals surface area contributed by atoms with Crippen LogP contribution >= 0.6 is 0 Å². The Morgan fingerprint density at radius 3 is 2.00 bits per heavy atom. The number of aliphatic hydroxyl groups is 1. The number of pyridine rings is 2. The van der Waals surface area contributed by atoms with E-state index in [9.17, 15) is 39.9 Å². The van der Waals surface area contributed by atoms with E-state index >= 15 is 0 Å². The van der Waals surface area contributed by atoms with Crippen molar-refractivity contribution in [2.75, 3.05) is 36.8 Å². The van der Waals surface area contributed by atoms with Gasteiger partial charge in [0.05, 0.1) is 11.7 Å². The van der Waals surface area contributed by atoms with Crippen LogP contribution < -0.4 is 10.6 Å². The highest BCUT2D eigenvalue weighted by atomic mass is 32.2. The Labute approximate surface area is 231 Å². The molecule has 0 saturated carbocycles. The normalized spacial score (nSPS) is 16.3. The molecule has 0 spiro atoms. The van der Waals surface area contributed by atoms with Gasteiger partial charge in [0.25, 0.3) is 5.60 Å². The van der Waals surface area contributed by atoms with Gasteiger partial charge < -0.3 is 15.7 Å². The molecule has 224 valence electrons. The Balaban J connectivity index is 1.74. The van der Waals surface area contributed by atoms with E-state index in [2.05, 4.69) is 15.1 Å². The van der Waals surface area contributed by atoms with Gasteiger partial charge in [-0.25, -0.2) is 18.4 Å². The van der Waals surface area contributed by atoms with Crippen molar-refractivity contribution in [2.45, 2.75) is 49.2 Å². The first kappa shape index (κ1) is 30.5. The molecule has 1 aliphatic heterocycles. The van der Waals surface area contributed by atoms with Crippen molar-refractivity contribution >= 4 is 21.7 Å². The smallest absolute Gasteiger partial charge is 0.384 e. The van der Waals surface area contributed by atoms with Crippen LogP contribution in [0.1, 0.15) is 26.3 Å². The quantitative estimate of drug-likeness (QED) is 0.422. The monoisotopic (exact) mass is 607 g/mol. The fourth-order valence-electron chi connectivity index (χ4n) is 4.27. The molecule has 10 nitrogen and oxygen atoms in total. The molecule has 0 aromatic carbocycles. The molecule has 0 radical (unpaired) electrons. The number of alkyl halides is 6. The van der Waals surface area contributed by atoms with Crippen LogP contribution in [0.4, 0.5) is 38.0 Å². The van der Waals surface area contributed by atoms with Gasteiger partial charge in [0.15, 0.2) is 0 Å². The second kappa shape index (κ2) is 10.1. The van der Waals surface area contributed by atoms with Gasteiger partial charge >= 0.3 is 12.4 Å². The average molecular weight is 608 g/mol. The summed E-state index contributed by atoms with van der Waals surface area (Å²) in [5.74, 6) is 0.133. The van der Waals surface area contributed by atoms with Crippen LogP contribution in [0.25, 0.3) is 11.1 Å². The molecule has 0 unspecified atom stereocenters. The summed E-state index contributed by atoms with van der Waals surface area (Å²) < 4.78 is 111. The Bertz CT molecular complexity index is 1490. The molecule has 0 atom stereocenters.